The van der Waals surface area contributed by atoms with Crippen molar-refractivity contribution in [1.82, 2.24) is 0 Å². The average molecular weight is 217 g/mol. The predicted octanol–water partition coefficient (Wildman–Crippen LogP) is -0.529. The largest absolute Gasteiger partial charge is 0.469 e. The molecule has 1 rings (SSSR count). The molecule has 1 aliphatic rings. The highest BCUT2D eigenvalue weighted by molar-refractivity contribution is 5.88. The van der Waals surface area contributed by atoms with Crippen molar-refractivity contribution in [3.8, 4) is 0 Å². The molecule has 0 aliphatic heterocycles. The molecule has 84 valence electrons. The Bertz CT molecular complexity index is 280. The van der Waals surface area contributed by atoms with E-state index < -0.39 is 41.2 Å². The Morgan fingerprint density at radius 2 is 1.60 bits per heavy atom. The summed E-state index contributed by atoms with van der Waals surface area (Å²) in [5.41, 5.74) is 0. The minimum Gasteiger partial charge on any atom is -0.469 e. The van der Waals surface area contributed by atoms with Gasteiger partial charge in [0.25, 0.3) is 0 Å². The molecule has 2 atom stereocenters. The monoisotopic (exact) mass is 217 g/mol. The van der Waals surface area contributed by atoms with Crippen molar-refractivity contribution in [2.75, 3.05) is 20.8 Å². The second-order valence-corrected chi connectivity index (χ2v) is 3.28. The number of ether oxygens (including phenoxy) is 2. The van der Waals surface area contributed by atoms with Gasteiger partial charge < -0.3 is 9.47 Å². The molecule has 0 aromatic carbocycles. The lowest BCUT2D eigenvalue weighted by Crippen LogP contribution is -2.10. The summed E-state index contributed by atoms with van der Waals surface area (Å²) in [5.74, 6) is -3.25. The summed E-state index contributed by atoms with van der Waals surface area (Å²) in [6.45, 7) is -0.417. The number of nitrogens with zero attached hydrogens (tertiary/aromatic N) is 1. The number of nitro groups is 1. The molecular formula is C8H11NO6. The molecule has 1 fully saturated rings. The third-order valence-corrected chi connectivity index (χ3v) is 2.48. The first-order valence-corrected chi connectivity index (χ1v) is 4.30. The second kappa shape index (κ2) is 4.24. The van der Waals surface area contributed by atoms with Gasteiger partial charge in [0.15, 0.2) is 0 Å². The Morgan fingerprint density at radius 3 is 1.87 bits per heavy atom. The van der Waals surface area contributed by atoms with Crippen LogP contribution < -0.4 is 0 Å². The van der Waals surface area contributed by atoms with Gasteiger partial charge in [0, 0.05) is 4.92 Å². The molecule has 0 spiro atoms. The SMILES string of the molecule is COC(=O)[C@@H]1C(C[N+](=O)[O-])[C@H]1C(=O)OC. The molecular weight excluding hydrogens is 206 g/mol. The Hall–Kier alpha value is -1.66. The highest BCUT2D eigenvalue weighted by atomic mass is 16.6. The first-order valence-electron chi connectivity index (χ1n) is 4.30. The normalized spacial score (nSPS) is 28.0. The van der Waals surface area contributed by atoms with Crippen LogP contribution in [0, 0.1) is 27.9 Å². The number of rotatable bonds is 4. The van der Waals surface area contributed by atoms with E-state index in [2.05, 4.69) is 9.47 Å². The molecule has 0 aromatic heterocycles. The molecule has 0 radical (unpaired) electrons. The van der Waals surface area contributed by atoms with Crippen LogP contribution in [0.25, 0.3) is 0 Å². The van der Waals surface area contributed by atoms with Crippen LogP contribution in [0.15, 0.2) is 0 Å². The maximum Gasteiger partial charge on any atom is 0.310 e. The number of carbonyl (C=O) groups excluding carboxylic acids is 2. The van der Waals surface area contributed by atoms with Crippen molar-refractivity contribution in [3.63, 3.8) is 0 Å². The van der Waals surface area contributed by atoms with E-state index >= 15 is 0 Å². The topological polar surface area (TPSA) is 95.7 Å². The van der Waals surface area contributed by atoms with Gasteiger partial charge in [-0.15, -0.1) is 0 Å². The number of hydrogen-bond donors (Lipinski definition) is 0. The molecule has 0 amide bonds. The predicted molar refractivity (Wildman–Crippen MR) is 46.4 cm³/mol. The number of hydrogen-bond acceptors (Lipinski definition) is 6. The maximum atomic E-state index is 11.1. The van der Waals surface area contributed by atoms with Gasteiger partial charge >= 0.3 is 11.9 Å². The van der Waals surface area contributed by atoms with Gasteiger partial charge in [0.2, 0.25) is 6.54 Å². The summed E-state index contributed by atoms with van der Waals surface area (Å²) in [5, 5.41) is 10.3. The quantitative estimate of drug-likeness (QED) is 0.357. The average Bonchev–Trinajstić information content (AvgIpc) is 2.88. The van der Waals surface area contributed by atoms with E-state index in [9.17, 15) is 19.7 Å². The summed E-state index contributed by atoms with van der Waals surface area (Å²) in [6, 6.07) is 0. The van der Waals surface area contributed by atoms with E-state index in [0.29, 0.717) is 0 Å². The van der Waals surface area contributed by atoms with E-state index in [1.165, 1.54) is 14.2 Å². The summed E-state index contributed by atoms with van der Waals surface area (Å²) in [4.78, 5) is 32.0. The van der Waals surface area contributed by atoms with Gasteiger partial charge in [-0.2, -0.15) is 0 Å². The first kappa shape index (κ1) is 11.4. The third-order valence-electron chi connectivity index (χ3n) is 2.48. The van der Waals surface area contributed by atoms with Crippen LogP contribution in [0.1, 0.15) is 0 Å². The summed E-state index contributed by atoms with van der Waals surface area (Å²) in [7, 11) is 2.36. The minimum atomic E-state index is -0.729. The van der Waals surface area contributed by atoms with E-state index in [-0.39, 0.29) is 0 Å². The second-order valence-electron chi connectivity index (χ2n) is 3.28. The fraction of sp³-hybridized carbons (Fsp3) is 0.750. The van der Waals surface area contributed by atoms with Gasteiger partial charge in [0.05, 0.1) is 32.0 Å². The Balaban J connectivity index is 2.66. The zero-order valence-corrected chi connectivity index (χ0v) is 8.34. The molecule has 0 heterocycles. The van der Waals surface area contributed by atoms with Gasteiger partial charge in [-0.25, -0.2) is 0 Å². The van der Waals surface area contributed by atoms with Crippen molar-refractivity contribution >= 4 is 11.9 Å². The number of esters is 2. The Morgan fingerprint density at radius 1 is 1.20 bits per heavy atom. The molecule has 0 N–H and O–H groups in total. The van der Waals surface area contributed by atoms with Crippen LogP contribution in [0.5, 0.6) is 0 Å². The Kier molecular flexibility index (Phi) is 3.23. The molecule has 7 nitrogen and oxygen atoms in total. The van der Waals surface area contributed by atoms with Crippen LogP contribution >= 0.6 is 0 Å². The van der Waals surface area contributed by atoms with Crippen LogP contribution in [-0.4, -0.2) is 37.6 Å². The summed E-state index contributed by atoms with van der Waals surface area (Å²) >= 11 is 0. The van der Waals surface area contributed by atoms with Crippen LogP contribution in [0.2, 0.25) is 0 Å². The van der Waals surface area contributed by atoms with Gasteiger partial charge in [-0.3, -0.25) is 19.7 Å². The van der Waals surface area contributed by atoms with Crippen molar-refractivity contribution in [3.05, 3.63) is 10.1 Å². The lowest BCUT2D eigenvalue weighted by Gasteiger charge is -1.95. The lowest BCUT2D eigenvalue weighted by molar-refractivity contribution is -0.484. The summed E-state index contributed by atoms with van der Waals surface area (Å²) < 4.78 is 8.88. The molecule has 15 heavy (non-hydrogen) atoms. The van der Waals surface area contributed by atoms with Gasteiger partial charge in [-0.05, 0) is 0 Å². The minimum absolute atomic E-state index is 0.417. The van der Waals surface area contributed by atoms with E-state index in [0.717, 1.165) is 0 Å². The van der Waals surface area contributed by atoms with Crippen LogP contribution in [-0.2, 0) is 19.1 Å². The molecule has 1 aliphatic carbocycles. The molecule has 1 saturated carbocycles. The number of methoxy groups -OCH3 is 2. The molecule has 7 heteroatoms. The highest BCUT2D eigenvalue weighted by Crippen LogP contribution is 2.47. The van der Waals surface area contributed by atoms with Crippen molar-refractivity contribution in [2.24, 2.45) is 17.8 Å². The maximum absolute atomic E-state index is 11.1. The van der Waals surface area contributed by atoms with Gasteiger partial charge in [0.1, 0.15) is 0 Å². The van der Waals surface area contributed by atoms with Crippen molar-refractivity contribution in [1.29, 1.82) is 0 Å². The van der Waals surface area contributed by atoms with Crippen molar-refractivity contribution < 1.29 is 24.0 Å². The Labute approximate surface area is 85.5 Å². The van der Waals surface area contributed by atoms with E-state index in [1.54, 1.807) is 0 Å². The molecule has 0 bridgehead atoms. The molecule has 0 unspecified atom stereocenters. The van der Waals surface area contributed by atoms with E-state index in [1.807, 2.05) is 0 Å². The zero-order valence-electron chi connectivity index (χ0n) is 8.34. The summed E-state index contributed by atoms with van der Waals surface area (Å²) in [6.07, 6.45) is 0. The first-order chi connectivity index (χ1) is 7.02. The molecule has 0 aromatic rings. The lowest BCUT2D eigenvalue weighted by atomic mass is 10.3. The molecule has 0 saturated heterocycles. The van der Waals surface area contributed by atoms with Crippen LogP contribution in [0.3, 0.4) is 0 Å². The van der Waals surface area contributed by atoms with Crippen molar-refractivity contribution in [2.45, 2.75) is 0 Å². The van der Waals surface area contributed by atoms with Crippen LogP contribution in [0.4, 0.5) is 0 Å². The standard InChI is InChI=1S/C8H11NO6/c1-14-7(10)5-4(3-9(12)13)6(5)8(11)15-2/h4-6H,3H2,1-2H3/t5-,6-/m1/s1. The zero-order chi connectivity index (χ0) is 11.6. The number of carbonyl (C=O) groups is 2. The van der Waals surface area contributed by atoms with Gasteiger partial charge in [-0.1, -0.05) is 0 Å². The fourth-order valence-corrected chi connectivity index (χ4v) is 1.69. The van der Waals surface area contributed by atoms with E-state index in [4.69, 9.17) is 0 Å². The highest BCUT2D eigenvalue weighted by Gasteiger charge is 2.63. The smallest absolute Gasteiger partial charge is 0.310 e. The third kappa shape index (κ3) is 2.23. The fourth-order valence-electron chi connectivity index (χ4n) is 1.69.